The summed E-state index contributed by atoms with van der Waals surface area (Å²) in [6.45, 7) is 0. The Morgan fingerprint density at radius 3 is 2.40 bits per heavy atom. The van der Waals surface area contributed by atoms with Crippen molar-refractivity contribution < 1.29 is 24.9 Å². The SMILES string of the molecule is O=C(O)c1ccc(N2C(=O)/C(=C\c3ccc(O)cc3)SC2=S)cc1O. The second-order valence-electron chi connectivity index (χ2n) is 5.12. The van der Waals surface area contributed by atoms with Crippen molar-refractivity contribution in [1.29, 1.82) is 0 Å². The highest BCUT2D eigenvalue weighted by Gasteiger charge is 2.33. The van der Waals surface area contributed by atoms with Gasteiger partial charge < -0.3 is 15.3 Å². The van der Waals surface area contributed by atoms with Gasteiger partial charge >= 0.3 is 5.97 Å². The molecular weight excluding hydrogens is 362 g/mol. The quantitative estimate of drug-likeness (QED) is 0.561. The van der Waals surface area contributed by atoms with E-state index in [-0.39, 0.29) is 21.5 Å². The van der Waals surface area contributed by atoms with E-state index >= 15 is 0 Å². The van der Waals surface area contributed by atoms with Crippen LogP contribution in [0.4, 0.5) is 5.69 Å². The van der Waals surface area contributed by atoms with E-state index in [0.717, 1.165) is 17.3 Å². The predicted molar refractivity (Wildman–Crippen MR) is 98.8 cm³/mol. The molecule has 0 radical (unpaired) electrons. The lowest BCUT2D eigenvalue weighted by Gasteiger charge is -2.15. The fourth-order valence-corrected chi connectivity index (χ4v) is 3.55. The van der Waals surface area contributed by atoms with Crippen molar-refractivity contribution in [1.82, 2.24) is 0 Å². The first-order chi connectivity index (χ1) is 11.9. The minimum Gasteiger partial charge on any atom is -0.508 e. The number of phenolic OH excluding ortho intramolecular Hbond substituents is 1. The number of nitrogens with zero attached hydrogens (tertiary/aromatic N) is 1. The minimum absolute atomic E-state index is 0.124. The Hall–Kier alpha value is -2.84. The standard InChI is InChI=1S/C17H11NO5S2/c19-11-4-1-9(2-5-11)7-14-15(21)18(17(24)25-14)10-3-6-12(16(22)23)13(20)8-10/h1-8,19-20H,(H,22,23)/b14-7+. The summed E-state index contributed by atoms with van der Waals surface area (Å²) in [5, 5.41) is 28.1. The first-order valence-electron chi connectivity index (χ1n) is 7.00. The number of thioether (sulfide) groups is 1. The zero-order valence-corrected chi connectivity index (χ0v) is 14.2. The van der Waals surface area contributed by atoms with Gasteiger partial charge in [-0.2, -0.15) is 0 Å². The van der Waals surface area contributed by atoms with Crippen LogP contribution in [0, 0.1) is 0 Å². The van der Waals surface area contributed by atoms with E-state index in [0.29, 0.717) is 10.6 Å². The molecule has 25 heavy (non-hydrogen) atoms. The topological polar surface area (TPSA) is 98.1 Å². The van der Waals surface area contributed by atoms with Crippen LogP contribution in [-0.2, 0) is 4.79 Å². The van der Waals surface area contributed by atoms with E-state index in [9.17, 15) is 19.8 Å². The van der Waals surface area contributed by atoms with Gasteiger partial charge in [-0.3, -0.25) is 9.69 Å². The van der Waals surface area contributed by atoms with Gasteiger partial charge in [0.15, 0.2) is 4.32 Å². The number of hydrogen-bond donors (Lipinski definition) is 3. The molecule has 8 heteroatoms. The van der Waals surface area contributed by atoms with Crippen LogP contribution in [0.2, 0.25) is 0 Å². The summed E-state index contributed by atoms with van der Waals surface area (Å²) in [4.78, 5) is 25.2. The Balaban J connectivity index is 1.93. The Morgan fingerprint density at radius 2 is 1.80 bits per heavy atom. The number of benzene rings is 2. The first kappa shape index (κ1) is 17.0. The molecule has 0 bridgehead atoms. The van der Waals surface area contributed by atoms with E-state index < -0.39 is 11.7 Å². The summed E-state index contributed by atoms with van der Waals surface area (Å²) in [7, 11) is 0. The number of carbonyl (C=O) groups is 2. The van der Waals surface area contributed by atoms with Gasteiger partial charge in [-0.15, -0.1) is 0 Å². The highest BCUT2D eigenvalue weighted by molar-refractivity contribution is 8.27. The number of hydrogen-bond acceptors (Lipinski definition) is 6. The van der Waals surface area contributed by atoms with Gasteiger partial charge in [0.05, 0.1) is 10.6 Å². The molecule has 2 aromatic rings. The molecule has 126 valence electrons. The number of aromatic hydroxyl groups is 2. The highest BCUT2D eigenvalue weighted by atomic mass is 32.2. The van der Waals surface area contributed by atoms with Gasteiger partial charge in [-0.05, 0) is 35.9 Å². The fraction of sp³-hybridized carbons (Fsp3) is 0. The maximum Gasteiger partial charge on any atom is 0.339 e. The van der Waals surface area contributed by atoms with Crippen molar-refractivity contribution in [3.63, 3.8) is 0 Å². The van der Waals surface area contributed by atoms with Crippen LogP contribution in [0.15, 0.2) is 47.4 Å². The number of carboxylic acids is 1. The third-order valence-corrected chi connectivity index (χ3v) is 4.76. The summed E-state index contributed by atoms with van der Waals surface area (Å²) in [6, 6.07) is 10.2. The molecule has 0 saturated carbocycles. The van der Waals surface area contributed by atoms with Gasteiger partial charge in [-0.25, -0.2) is 4.79 Å². The van der Waals surface area contributed by atoms with Gasteiger partial charge in [-0.1, -0.05) is 36.1 Å². The molecule has 0 spiro atoms. The average Bonchev–Trinajstić information content (AvgIpc) is 2.83. The number of aromatic carboxylic acids is 1. The van der Waals surface area contributed by atoms with Gasteiger partial charge in [0, 0.05) is 6.07 Å². The average molecular weight is 373 g/mol. The number of carboxylic acid groups (broad SMARTS) is 1. The monoisotopic (exact) mass is 373 g/mol. The molecule has 0 unspecified atom stereocenters. The zero-order valence-electron chi connectivity index (χ0n) is 12.5. The summed E-state index contributed by atoms with van der Waals surface area (Å²) >= 11 is 6.33. The van der Waals surface area contributed by atoms with Gasteiger partial charge in [0.25, 0.3) is 5.91 Å². The van der Waals surface area contributed by atoms with Crippen LogP contribution in [0.3, 0.4) is 0 Å². The number of anilines is 1. The van der Waals surface area contributed by atoms with Crippen LogP contribution < -0.4 is 4.90 Å². The molecule has 1 aliphatic heterocycles. The van der Waals surface area contributed by atoms with E-state index in [1.165, 1.54) is 35.2 Å². The highest BCUT2D eigenvalue weighted by Crippen LogP contribution is 2.37. The lowest BCUT2D eigenvalue weighted by Crippen LogP contribution is -2.27. The molecule has 1 amide bonds. The molecule has 0 aliphatic carbocycles. The molecule has 3 rings (SSSR count). The normalized spacial score (nSPS) is 15.8. The molecule has 1 fully saturated rings. The van der Waals surface area contributed by atoms with E-state index in [2.05, 4.69) is 0 Å². The van der Waals surface area contributed by atoms with Crippen molar-refractivity contribution in [3.8, 4) is 11.5 Å². The lowest BCUT2D eigenvalue weighted by molar-refractivity contribution is -0.113. The number of amides is 1. The third-order valence-electron chi connectivity index (χ3n) is 3.45. The van der Waals surface area contributed by atoms with E-state index in [1.54, 1.807) is 18.2 Å². The van der Waals surface area contributed by atoms with Crippen LogP contribution in [0.1, 0.15) is 15.9 Å². The molecule has 1 saturated heterocycles. The van der Waals surface area contributed by atoms with Crippen LogP contribution in [0.25, 0.3) is 6.08 Å². The molecule has 0 aromatic heterocycles. The van der Waals surface area contributed by atoms with Gasteiger partial charge in [0.2, 0.25) is 0 Å². The number of thiocarbonyl (C=S) groups is 1. The second kappa shape index (κ2) is 6.58. The first-order valence-corrected chi connectivity index (χ1v) is 8.22. The molecule has 3 N–H and O–H groups in total. The minimum atomic E-state index is -1.26. The summed E-state index contributed by atoms with van der Waals surface area (Å²) in [5.41, 5.74) is 0.760. The van der Waals surface area contributed by atoms with Crippen molar-refractivity contribution >= 4 is 51.9 Å². The van der Waals surface area contributed by atoms with E-state index in [4.69, 9.17) is 17.3 Å². The van der Waals surface area contributed by atoms with Crippen molar-refractivity contribution in [2.45, 2.75) is 0 Å². The Bertz CT molecular complexity index is 921. The fourth-order valence-electron chi connectivity index (χ4n) is 2.25. The Kier molecular flexibility index (Phi) is 4.47. The molecular formula is C17H11NO5S2. The van der Waals surface area contributed by atoms with Crippen molar-refractivity contribution in [2.24, 2.45) is 0 Å². The van der Waals surface area contributed by atoms with Crippen molar-refractivity contribution in [3.05, 3.63) is 58.5 Å². The number of rotatable bonds is 3. The smallest absolute Gasteiger partial charge is 0.339 e. The number of carbonyl (C=O) groups excluding carboxylic acids is 1. The Morgan fingerprint density at radius 1 is 1.12 bits per heavy atom. The summed E-state index contributed by atoms with van der Waals surface area (Å²) < 4.78 is 0.275. The maximum atomic E-state index is 12.6. The van der Waals surface area contributed by atoms with Crippen LogP contribution in [-0.4, -0.2) is 31.5 Å². The predicted octanol–water partition coefficient (Wildman–Crippen LogP) is 3.20. The number of phenols is 2. The molecule has 6 nitrogen and oxygen atoms in total. The molecule has 0 atom stereocenters. The maximum absolute atomic E-state index is 12.6. The van der Waals surface area contributed by atoms with Crippen molar-refractivity contribution in [2.75, 3.05) is 4.90 Å². The Labute approximate surface area is 152 Å². The molecule has 1 heterocycles. The summed E-state index contributed by atoms with van der Waals surface area (Å²) in [6.07, 6.45) is 1.64. The third kappa shape index (κ3) is 3.35. The summed E-state index contributed by atoms with van der Waals surface area (Å²) in [5.74, 6) is -1.95. The van der Waals surface area contributed by atoms with Crippen LogP contribution >= 0.6 is 24.0 Å². The van der Waals surface area contributed by atoms with E-state index in [1.807, 2.05) is 0 Å². The lowest BCUT2D eigenvalue weighted by atomic mass is 10.1. The van der Waals surface area contributed by atoms with Crippen LogP contribution in [0.5, 0.6) is 11.5 Å². The molecule has 1 aliphatic rings. The second-order valence-corrected chi connectivity index (χ2v) is 6.79. The zero-order chi connectivity index (χ0) is 18.1. The largest absolute Gasteiger partial charge is 0.508 e. The van der Waals surface area contributed by atoms with Gasteiger partial charge in [0.1, 0.15) is 17.1 Å². The molecule has 2 aromatic carbocycles.